The second kappa shape index (κ2) is 14.4. The number of hydrogen-bond acceptors (Lipinski definition) is 3. The number of rotatable bonds is 5. The summed E-state index contributed by atoms with van der Waals surface area (Å²) < 4.78 is 50.2. The van der Waals surface area contributed by atoms with Crippen LogP contribution in [0, 0.1) is 40.6 Å². The van der Waals surface area contributed by atoms with Crippen molar-refractivity contribution in [3.05, 3.63) is 197 Å². The van der Waals surface area contributed by atoms with Crippen LogP contribution in [-0.2, 0) is 6.18 Å². The lowest BCUT2D eigenvalue weighted by atomic mass is 9.92. The first-order chi connectivity index (χ1) is 30.2. The molecule has 62 heavy (non-hydrogen) atoms. The Kier molecular flexibility index (Phi) is 8.70. The Hall–Kier alpha value is -8.89. The van der Waals surface area contributed by atoms with E-state index in [2.05, 4.69) is 23.1 Å². The van der Waals surface area contributed by atoms with Crippen molar-refractivity contribution in [1.29, 1.82) is 15.8 Å². The van der Waals surface area contributed by atoms with Crippen molar-refractivity contribution in [2.24, 2.45) is 0 Å². The molecule has 0 fully saturated rings. The summed E-state index contributed by atoms with van der Waals surface area (Å²) in [5, 5.41) is 33.2. The summed E-state index contributed by atoms with van der Waals surface area (Å²) in [5.41, 5.74) is 6.38. The quantitative estimate of drug-likeness (QED) is 0.162. The number of alkyl halides is 3. The number of benzene rings is 8. The van der Waals surface area contributed by atoms with E-state index in [9.17, 15) is 15.8 Å². The third-order valence-corrected chi connectivity index (χ3v) is 11.4. The Morgan fingerprint density at radius 2 is 0.887 bits per heavy atom. The van der Waals surface area contributed by atoms with Gasteiger partial charge >= 0.3 is 6.18 Å². The van der Waals surface area contributed by atoms with Gasteiger partial charge in [-0.25, -0.2) is 4.85 Å². The standard InChI is InChI=1S/C53H27F3N6/c1-60-44-16-8-15-43(53(54,55)56)51(44)52-49(61-45-17-4-2-13-39(45)41-27-37(19-21-47(41)61)35-11-6-9-32(23-35)29-57)25-34(31-59)26-50(52)62-46-18-5-3-14-40(46)42-28-38(20-22-48(42)62)36-12-7-10-33(24-36)30-58/h2-28H. The van der Waals surface area contributed by atoms with Crippen LogP contribution < -0.4 is 0 Å². The molecule has 10 rings (SSSR count). The highest BCUT2D eigenvalue weighted by molar-refractivity contribution is 6.13. The van der Waals surface area contributed by atoms with Crippen LogP contribution in [0.4, 0.5) is 18.9 Å². The van der Waals surface area contributed by atoms with Crippen LogP contribution in [0.2, 0.25) is 0 Å². The topological polar surface area (TPSA) is 85.6 Å². The zero-order valence-corrected chi connectivity index (χ0v) is 32.4. The van der Waals surface area contributed by atoms with Gasteiger partial charge in [-0.2, -0.15) is 29.0 Å². The average molecular weight is 805 g/mol. The summed E-state index contributed by atoms with van der Waals surface area (Å²) in [4.78, 5) is 3.70. The summed E-state index contributed by atoms with van der Waals surface area (Å²) in [6.45, 7) is 8.25. The Bertz CT molecular complexity index is 3500. The fourth-order valence-electron chi connectivity index (χ4n) is 8.78. The van der Waals surface area contributed by atoms with E-state index >= 15 is 13.2 Å². The molecule has 0 unspecified atom stereocenters. The Balaban J connectivity index is 1.36. The van der Waals surface area contributed by atoms with E-state index in [0.29, 0.717) is 33.2 Å². The molecule has 8 aromatic carbocycles. The SMILES string of the molecule is [C-]#[N+]c1cccc(C(F)(F)F)c1-c1c(-n2c3ccccc3c3cc(-c4cccc(C#N)c4)ccc32)cc(C#N)cc1-n1c2ccccc2c2cc(-c3cccc(C#N)c3)ccc21. The van der Waals surface area contributed by atoms with Gasteiger partial charge in [-0.05, 0) is 95.1 Å². The Morgan fingerprint density at radius 3 is 1.35 bits per heavy atom. The zero-order valence-electron chi connectivity index (χ0n) is 32.4. The highest BCUT2D eigenvalue weighted by Crippen LogP contribution is 2.50. The molecule has 0 spiro atoms. The molecule has 2 heterocycles. The largest absolute Gasteiger partial charge is 0.415 e. The van der Waals surface area contributed by atoms with Gasteiger partial charge in [0.1, 0.15) is 0 Å². The number of nitrogens with zero attached hydrogens (tertiary/aromatic N) is 6. The summed E-state index contributed by atoms with van der Waals surface area (Å²) in [7, 11) is 0. The van der Waals surface area contributed by atoms with Crippen LogP contribution >= 0.6 is 0 Å². The first kappa shape index (κ1) is 37.4. The molecule has 0 aliphatic carbocycles. The van der Waals surface area contributed by atoms with Gasteiger partial charge in [0.05, 0.1) is 80.5 Å². The maximum atomic E-state index is 15.5. The molecule has 10 aromatic rings. The van der Waals surface area contributed by atoms with Gasteiger partial charge in [0.25, 0.3) is 0 Å². The molecule has 0 saturated carbocycles. The van der Waals surface area contributed by atoms with Crippen molar-refractivity contribution < 1.29 is 13.2 Å². The van der Waals surface area contributed by atoms with Gasteiger partial charge in [-0.1, -0.05) is 91.0 Å². The van der Waals surface area contributed by atoms with E-state index < -0.39 is 11.7 Å². The Morgan fingerprint density at radius 1 is 0.435 bits per heavy atom. The number of hydrogen-bond donors (Lipinski definition) is 0. The van der Waals surface area contributed by atoms with Gasteiger partial charge in [0, 0.05) is 32.7 Å². The molecular weight excluding hydrogens is 778 g/mol. The van der Waals surface area contributed by atoms with Crippen molar-refractivity contribution in [1.82, 2.24) is 9.13 Å². The lowest BCUT2D eigenvalue weighted by molar-refractivity contribution is -0.137. The third-order valence-electron chi connectivity index (χ3n) is 11.4. The molecule has 0 atom stereocenters. The third kappa shape index (κ3) is 5.93. The number of para-hydroxylation sites is 2. The summed E-state index contributed by atoms with van der Waals surface area (Å²) in [5.74, 6) is 0. The predicted molar refractivity (Wildman–Crippen MR) is 237 cm³/mol. The van der Waals surface area contributed by atoms with Gasteiger partial charge in [-0.15, -0.1) is 0 Å². The molecule has 0 aliphatic heterocycles. The zero-order chi connectivity index (χ0) is 42.7. The van der Waals surface area contributed by atoms with Crippen molar-refractivity contribution in [2.45, 2.75) is 6.18 Å². The monoisotopic (exact) mass is 804 g/mol. The molecule has 0 N–H and O–H groups in total. The van der Waals surface area contributed by atoms with Gasteiger partial charge in [0.15, 0.2) is 5.69 Å². The summed E-state index contributed by atoms with van der Waals surface area (Å²) in [6.07, 6.45) is -4.86. The van der Waals surface area contributed by atoms with Gasteiger partial charge < -0.3 is 9.13 Å². The average Bonchev–Trinajstić information content (AvgIpc) is 3.82. The highest BCUT2D eigenvalue weighted by Gasteiger charge is 2.37. The smallest absolute Gasteiger partial charge is 0.309 e. The lowest BCUT2D eigenvalue weighted by Crippen LogP contribution is -2.11. The minimum absolute atomic E-state index is 0.116. The predicted octanol–water partition coefficient (Wildman–Crippen LogP) is 14.1. The molecule has 6 nitrogen and oxygen atoms in total. The molecule has 0 bridgehead atoms. The number of halogens is 3. The maximum Gasteiger partial charge on any atom is 0.415 e. The Labute approximate surface area is 352 Å². The maximum absolute atomic E-state index is 15.5. The molecule has 0 saturated heterocycles. The van der Waals surface area contributed by atoms with Crippen molar-refractivity contribution >= 4 is 49.3 Å². The van der Waals surface area contributed by atoms with Crippen LogP contribution in [0.1, 0.15) is 22.3 Å². The lowest BCUT2D eigenvalue weighted by Gasteiger charge is -2.24. The second-order valence-electron chi connectivity index (χ2n) is 14.9. The van der Waals surface area contributed by atoms with Crippen molar-refractivity contribution in [3.63, 3.8) is 0 Å². The minimum atomic E-state index is -4.86. The molecule has 0 amide bonds. The van der Waals surface area contributed by atoms with E-state index in [1.54, 1.807) is 36.4 Å². The molecule has 0 aliphatic rings. The fourth-order valence-corrected chi connectivity index (χ4v) is 8.78. The van der Waals surface area contributed by atoms with Gasteiger partial charge in [0.2, 0.25) is 0 Å². The normalized spacial score (nSPS) is 11.4. The van der Waals surface area contributed by atoms with E-state index in [4.69, 9.17) is 6.57 Å². The van der Waals surface area contributed by atoms with Crippen LogP contribution in [-0.4, -0.2) is 9.13 Å². The van der Waals surface area contributed by atoms with Crippen molar-refractivity contribution in [3.8, 4) is 63.0 Å². The van der Waals surface area contributed by atoms with E-state index in [1.165, 1.54) is 12.1 Å². The fraction of sp³-hybridized carbons (Fsp3) is 0.0189. The van der Waals surface area contributed by atoms with Crippen LogP contribution in [0.25, 0.3) is 93.2 Å². The van der Waals surface area contributed by atoms with E-state index in [-0.39, 0.29) is 33.8 Å². The van der Waals surface area contributed by atoms with Crippen LogP contribution in [0.15, 0.2) is 164 Å². The molecule has 9 heteroatoms. The molecule has 2 aromatic heterocycles. The van der Waals surface area contributed by atoms with Crippen molar-refractivity contribution in [2.75, 3.05) is 0 Å². The van der Waals surface area contributed by atoms with E-state index in [0.717, 1.165) is 49.9 Å². The van der Waals surface area contributed by atoms with Gasteiger partial charge in [-0.3, -0.25) is 0 Å². The minimum Gasteiger partial charge on any atom is -0.309 e. The highest BCUT2D eigenvalue weighted by atomic mass is 19.4. The first-order valence-corrected chi connectivity index (χ1v) is 19.4. The number of aromatic nitrogens is 2. The second-order valence-corrected chi connectivity index (χ2v) is 14.9. The van der Waals surface area contributed by atoms with Crippen LogP contribution in [0.3, 0.4) is 0 Å². The van der Waals surface area contributed by atoms with Crippen LogP contribution in [0.5, 0.6) is 0 Å². The molecule has 290 valence electrons. The summed E-state index contributed by atoms with van der Waals surface area (Å²) >= 11 is 0. The molecular formula is C53H27F3N6. The molecule has 0 radical (unpaired) electrons. The van der Waals surface area contributed by atoms with E-state index in [1.807, 2.05) is 118 Å². The number of nitriles is 3. The summed E-state index contributed by atoms with van der Waals surface area (Å²) in [6, 6.07) is 54.9. The number of fused-ring (bicyclic) bond motifs is 6. The first-order valence-electron chi connectivity index (χ1n) is 19.4.